The molecule has 2 aromatic rings. The van der Waals surface area contributed by atoms with Gasteiger partial charge in [-0.1, -0.05) is 39.8 Å². The summed E-state index contributed by atoms with van der Waals surface area (Å²) in [4.78, 5) is 4.44. The van der Waals surface area contributed by atoms with Gasteiger partial charge in [-0.3, -0.25) is 0 Å². The Bertz CT molecular complexity index is 511. The molecule has 1 aromatic heterocycles. The van der Waals surface area contributed by atoms with Gasteiger partial charge in [0.2, 0.25) is 0 Å². The van der Waals surface area contributed by atoms with Gasteiger partial charge in [-0.05, 0) is 17.5 Å². The van der Waals surface area contributed by atoms with Gasteiger partial charge in [-0.15, -0.1) is 0 Å². The summed E-state index contributed by atoms with van der Waals surface area (Å²) in [6.07, 6.45) is 1.95. The molecule has 0 spiro atoms. The summed E-state index contributed by atoms with van der Waals surface area (Å²) < 4.78 is 2.25. The first-order valence-corrected chi connectivity index (χ1v) is 6.61. The van der Waals surface area contributed by atoms with Crippen LogP contribution < -0.4 is 5.32 Å². The minimum absolute atomic E-state index is 0.216. The van der Waals surface area contributed by atoms with Gasteiger partial charge in [-0.25, -0.2) is 4.98 Å². The zero-order valence-corrected chi connectivity index (χ0v) is 11.8. The van der Waals surface area contributed by atoms with Crippen molar-refractivity contribution in [2.45, 2.75) is 40.3 Å². The van der Waals surface area contributed by atoms with E-state index in [1.165, 1.54) is 5.52 Å². The number of nitrogens with zero attached hydrogens (tertiary/aromatic N) is 2. The van der Waals surface area contributed by atoms with Crippen LogP contribution in [0.3, 0.4) is 0 Å². The molecular formula is C15H23N3. The molecule has 3 heteroatoms. The Morgan fingerprint density at radius 1 is 1.28 bits per heavy atom. The highest BCUT2D eigenvalue weighted by Crippen LogP contribution is 2.21. The molecule has 0 radical (unpaired) electrons. The molecule has 0 bridgehead atoms. The Balaban J connectivity index is 2.13. The summed E-state index contributed by atoms with van der Waals surface area (Å²) in [7, 11) is 0. The lowest BCUT2D eigenvalue weighted by Gasteiger charge is -2.27. The van der Waals surface area contributed by atoms with E-state index >= 15 is 0 Å². The molecule has 98 valence electrons. The summed E-state index contributed by atoms with van der Waals surface area (Å²) in [5.74, 6) is 0. The second kappa shape index (κ2) is 5.11. The average molecular weight is 245 g/mol. The molecule has 2 rings (SSSR count). The van der Waals surface area contributed by atoms with Gasteiger partial charge in [0.1, 0.15) is 0 Å². The molecule has 0 aliphatic rings. The van der Waals surface area contributed by atoms with Gasteiger partial charge in [-0.2, -0.15) is 0 Å². The third-order valence-corrected chi connectivity index (χ3v) is 3.11. The second-order valence-electron chi connectivity index (χ2n) is 6.06. The number of fused-ring (bicyclic) bond motifs is 1. The van der Waals surface area contributed by atoms with E-state index < -0.39 is 0 Å². The molecule has 0 fully saturated rings. The Morgan fingerprint density at radius 3 is 2.72 bits per heavy atom. The lowest BCUT2D eigenvalue weighted by atomic mass is 9.93. The molecule has 1 heterocycles. The fourth-order valence-corrected chi connectivity index (χ4v) is 2.13. The molecule has 1 aromatic carbocycles. The predicted octanol–water partition coefficient (Wildman–Crippen LogP) is 3.06. The summed E-state index contributed by atoms with van der Waals surface area (Å²) in [5.41, 5.74) is 2.51. The lowest BCUT2D eigenvalue weighted by molar-refractivity contribution is 0.284. The van der Waals surface area contributed by atoms with Crippen LogP contribution in [-0.2, 0) is 6.54 Å². The molecule has 0 unspecified atom stereocenters. The summed E-state index contributed by atoms with van der Waals surface area (Å²) in [5, 5.41) is 3.51. The maximum absolute atomic E-state index is 4.44. The first-order chi connectivity index (χ1) is 8.48. The monoisotopic (exact) mass is 245 g/mol. The van der Waals surface area contributed by atoms with E-state index in [1.54, 1.807) is 0 Å². The van der Waals surface area contributed by atoms with E-state index in [2.05, 4.69) is 60.8 Å². The minimum Gasteiger partial charge on any atom is -0.330 e. The van der Waals surface area contributed by atoms with Crippen LogP contribution in [0.4, 0.5) is 0 Å². The fourth-order valence-electron chi connectivity index (χ4n) is 2.13. The molecule has 3 nitrogen and oxygen atoms in total. The molecule has 0 atom stereocenters. The van der Waals surface area contributed by atoms with E-state index in [-0.39, 0.29) is 5.41 Å². The number of rotatable bonds is 5. The van der Waals surface area contributed by atoms with Crippen molar-refractivity contribution in [3.63, 3.8) is 0 Å². The largest absolute Gasteiger partial charge is 0.330 e. The zero-order chi connectivity index (χ0) is 13.2. The number of benzene rings is 1. The number of hydrogen-bond donors (Lipinski definition) is 1. The second-order valence-corrected chi connectivity index (χ2v) is 6.06. The SMILES string of the molecule is CC(C)NCC(C)(C)Cn1cnc2ccccc21. The van der Waals surface area contributed by atoms with Crippen LogP contribution in [-0.4, -0.2) is 22.1 Å². The van der Waals surface area contributed by atoms with Crippen molar-refractivity contribution in [2.75, 3.05) is 6.54 Å². The Kier molecular flexibility index (Phi) is 3.71. The van der Waals surface area contributed by atoms with Crippen LogP contribution in [0.15, 0.2) is 30.6 Å². The van der Waals surface area contributed by atoms with E-state index in [1.807, 2.05) is 12.4 Å². The number of imidazole rings is 1. The topological polar surface area (TPSA) is 29.9 Å². The van der Waals surface area contributed by atoms with Gasteiger partial charge in [0.15, 0.2) is 0 Å². The quantitative estimate of drug-likeness (QED) is 0.877. The molecule has 0 aliphatic heterocycles. The summed E-state index contributed by atoms with van der Waals surface area (Å²) >= 11 is 0. The Hall–Kier alpha value is -1.35. The number of hydrogen-bond acceptors (Lipinski definition) is 2. The van der Waals surface area contributed by atoms with E-state index in [9.17, 15) is 0 Å². The van der Waals surface area contributed by atoms with Crippen molar-refractivity contribution in [1.29, 1.82) is 0 Å². The molecule has 18 heavy (non-hydrogen) atoms. The van der Waals surface area contributed by atoms with Gasteiger partial charge in [0.05, 0.1) is 17.4 Å². The third kappa shape index (κ3) is 3.10. The maximum Gasteiger partial charge on any atom is 0.0958 e. The highest BCUT2D eigenvalue weighted by molar-refractivity contribution is 5.74. The number of aromatic nitrogens is 2. The lowest BCUT2D eigenvalue weighted by Crippen LogP contribution is -2.36. The van der Waals surface area contributed by atoms with Crippen molar-refractivity contribution >= 4 is 11.0 Å². The van der Waals surface area contributed by atoms with Crippen LogP contribution >= 0.6 is 0 Å². The van der Waals surface area contributed by atoms with Crippen molar-refractivity contribution < 1.29 is 0 Å². The first-order valence-electron chi connectivity index (χ1n) is 6.61. The fraction of sp³-hybridized carbons (Fsp3) is 0.533. The molecule has 0 saturated carbocycles. The molecular weight excluding hydrogens is 222 g/mol. The van der Waals surface area contributed by atoms with Gasteiger partial charge in [0, 0.05) is 19.1 Å². The molecule has 0 aliphatic carbocycles. The van der Waals surface area contributed by atoms with Crippen LogP contribution in [0.1, 0.15) is 27.7 Å². The van der Waals surface area contributed by atoms with Crippen LogP contribution in [0.2, 0.25) is 0 Å². The van der Waals surface area contributed by atoms with E-state index in [4.69, 9.17) is 0 Å². The van der Waals surface area contributed by atoms with Crippen molar-refractivity contribution in [3.05, 3.63) is 30.6 Å². The van der Waals surface area contributed by atoms with Gasteiger partial charge in [0.25, 0.3) is 0 Å². The van der Waals surface area contributed by atoms with E-state index in [0.717, 1.165) is 18.6 Å². The molecule has 1 N–H and O–H groups in total. The Morgan fingerprint density at radius 2 is 2.00 bits per heavy atom. The number of para-hydroxylation sites is 2. The Labute approximate surface area is 109 Å². The molecule has 0 amide bonds. The van der Waals surface area contributed by atoms with Crippen molar-refractivity contribution in [1.82, 2.24) is 14.9 Å². The average Bonchev–Trinajstić information content (AvgIpc) is 2.70. The predicted molar refractivity (Wildman–Crippen MR) is 76.7 cm³/mol. The van der Waals surface area contributed by atoms with Gasteiger partial charge < -0.3 is 9.88 Å². The highest BCUT2D eigenvalue weighted by atomic mass is 15.1. The first kappa shape index (κ1) is 13.1. The van der Waals surface area contributed by atoms with Crippen molar-refractivity contribution in [2.24, 2.45) is 5.41 Å². The summed E-state index contributed by atoms with van der Waals surface area (Å²) in [6.45, 7) is 10.9. The summed E-state index contributed by atoms with van der Waals surface area (Å²) in [6, 6.07) is 8.83. The zero-order valence-electron chi connectivity index (χ0n) is 11.8. The maximum atomic E-state index is 4.44. The smallest absolute Gasteiger partial charge is 0.0958 e. The van der Waals surface area contributed by atoms with Crippen molar-refractivity contribution in [3.8, 4) is 0 Å². The minimum atomic E-state index is 0.216. The number of nitrogens with one attached hydrogen (secondary N) is 1. The van der Waals surface area contributed by atoms with Gasteiger partial charge >= 0.3 is 0 Å². The van der Waals surface area contributed by atoms with Crippen LogP contribution in [0.5, 0.6) is 0 Å². The normalized spacial score (nSPS) is 12.5. The molecule has 0 saturated heterocycles. The van der Waals surface area contributed by atoms with Crippen LogP contribution in [0.25, 0.3) is 11.0 Å². The van der Waals surface area contributed by atoms with Crippen LogP contribution in [0, 0.1) is 5.41 Å². The standard InChI is InChI=1S/C15H23N3/c1-12(2)16-9-15(3,4)10-18-11-17-13-7-5-6-8-14(13)18/h5-8,11-12,16H,9-10H2,1-4H3. The third-order valence-electron chi connectivity index (χ3n) is 3.11. The highest BCUT2D eigenvalue weighted by Gasteiger charge is 2.19. The van der Waals surface area contributed by atoms with E-state index in [0.29, 0.717) is 6.04 Å².